The fourth-order valence-corrected chi connectivity index (χ4v) is 3.90. The number of alkyl halides is 2. The van der Waals surface area contributed by atoms with Crippen molar-refractivity contribution >= 4 is 21.6 Å². The van der Waals surface area contributed by atoms with Gasteiger partial charge in [0.1, 0.15) is 5.75 Å². The Morgan fingerprint density at radius 3 is 2.16 bits per heavy atom. The van der Waals surface area contributed by atoms with Crippen molar-refractivity contribution < 1.29 is 26.7 Å². The van der Waals surface area contributed by atoms with Crippen LogP contribution >= 0.6 is 0 Å². The molecule has 0 unspecified atom stereocenters. The molecule has 3 aromatic rings. The molecule has 0 radical (unpaired) electrons. The minimum Gasteiger partial charge on any atom is -0.435 e. The summed E-state index contributed by atoms with van der Waals surface area (Å²) in [4.78, 5) is 14.1. The number of hydrogen-bond donors (Lipinski definition) is 1. The number of sulfonamides is 1. The highest BCUT2D eigenvalue weighted by Crippen LogP contribution is 2.19. The second-order valence-corrected chi connectivity index (χ2v) is 8.36. The van der Waals surface area contributed by atoms with Gasteiger partial charge in [-0.25, -0.2) is 8.42 Å². The van der Waals surface area contributed by atoms with Crippen LogP contribution in [0, 0.1) is 0 Å². The van der Waals surface area contributed by atoms with Crippen molar-refractivity contribution in [2.45, 2.75) is 18.1 Å². The number of carbonyl (C=O) groups is 1. The summed E-state index contributed by atoms with van der Waals surface area (Å²) in [6.45, 7) is -2.66. The van der Waals surface area contributed by atoms with E-state index < -0.39 is 16.6 Å². The van der Waals surface area contributed by atoms with Gasteiger partial charge in [0.25, 0.3) is 15.9 Å². The molecule has 6 nitrogen and oxygen atoms in total. The predicted molar refractivity (Wildman–Crippen MR) is 113 cm³/mol. The number of nitrogens with one attached hydrogen (secondary N) is 1. The van der Waals surface area contributed by atoms with Crippen LogP contribution in [0.5, 0.6) is 5.75 Å². The molecular formula is C22H20F2N2O4S. The molecule has 0 aliphatic rings. The third-order valence-corrected chi connectivity index (χ3v) is 5.75. The van der Waals surface area contributed by atoms with Crippen LogP contribution in [0.3, 0.4) is 0 Å². The van der Waals surface area contributed by atoms with Crippen LogP contribution in [0.1, 0.15) is 15.9 Å². The number of halogens is 2. The molecule has 31 heavy (non-hydrogen) atoms. The van der Waals surface area contributed by atoms with Crippen molar-refractivity contribution in [1.82, 2.24) is 4.90 Å². The molecule has 1 amide bonds. The Bertz CT molecular complexity index is 1120. The van der Waals surface area contributed by atoms with Gasteiger partial charge in [-0.3, -0.25) is 9.52 Å². The van der Waals surface area contributed by atoms with Crippen molar-refractivity contribution in [2.24, 2.45) is 0 Å². The lowest BCUT2D eigenvalue weighted by Crippen LogP contribution is -2.26. The van der Waals surface area contributed by atoms with Crippen molar-refractivity contribution in [3.05, 3.63) is 90.0 Å². The first-order valence-electron chi connectivity index (χ1n) is 9.22. The predicted octanol–water partition coefficient (Wildman–Crippen LogP) is 4.36. The van der Waals surface area contributed by atoms with Crippen LogP contribution in [0.15, 0.2) is 83.8 Å². The van der Waals surface area contributed by atoms with Gasteiger partial charge in [0.2, 0.25) is 0 Å². The summed E-state index contributed by atoms with van der Waals surface area (Å²) in [7, 11) is -2.19. The number of carbonyl (C=O) groups excluding carboxylic acids is 1. The summed E-state index contributed by atoms with van der Waals surface area (Å²) < 4.78 is 56.2. The number of amides is 1. The number of hydrogen-bond acceptors (Lipinski definition) is 4. The van der Waals surface area contributed by atoms with Crippen LogP contribution < -0.4 is 9.46 Å². The Kier molecular flexibility index (Phi) is 6.86. The number of nitrogens with zero attached hydrogens (tertiary/aromatic N) is 1. The van der Waals surface area contributed by atoms with Crippen LogP contribution in [0.4, 0.5) is 14.5 Å². The van der Waals surface area contributed by atoms with Gasteiger partial charge >= 0.3 is 6.61 Å². The molecule has 9 heteroatoms. The number of anilines is 1. The molecule has 0 aromatic heterocycles. The standard InChI is InChI=1S/C22H20F2N2O4S/c1-26(15-16-7-11-19(12-8-16)30-22(23)24)21(27)17-9-13-20(14-10-17)31(28,29)25-18-5-3-2-4-6-18/h2-14,22,25H,15H2,1H3. The molecule has 0 atom stereocenters. The highest BCUT2D eigenvalue weighted by Gasteiger charge is 2.17. The van der Waals surface area contributed by atoms with Gasteiger partial charge in [-0.15, -0.1) is 0 Å². The second-order valence-electron chi connectivity index (χ2n) is 6.68. The Hall–Kier alpha value is -3.46. The highest BCUT2D eigenvalue weighted by molar-refractivity contribution is 7.92. The molecule has 0 spiro atoms. The molecule has 0 aliphatic carbocycles. The van der Waals surface area contributed by atoms with Gasteiger partial charge in [0.15, 0.2) is 0 Å². The van der Waals surface area contributed by atoms with Crippen molar-refractivity contribution in [2.75, 3.05) is 11.8 Å². The summed E-state index contributed by atoms with van der Waals surface area (Å²) in [6, 6.07) is 20.1. The van der Waals surface area contributed by atoms with E-state index in [2.05, 4.69) is 9.46 Å². The highest BCUT2D eigenvalue weighted by atomic mass is 32.2. The quantitative estimate of drug-likeness (QED) is 0.558. The van der Waals surface area contributed by atoms with Gasteiger partial charge in [-0.1, -0.05) is 30.3 Å². The number of ether oxygens (including phenoxy) is 1. The summed E-state index contributed by atoms with van der Waals surface area (Å²) in [5.74, 6) is -0.276. The lowest BCUT2D eigenvalue weighted by Gasteiger charge is -2.18. The first-order chi connectivity index (χ1) is 14.7. The molecule has 0 heterocycles. The molecule has 3 rings (SSSR count). The van der Waals surface area contributed by atoms with Gasteiger partial charge in [-0.05, 0) is 54.1 Å². The zero-order chi connectivity index (χ0) is 22.4. The van der Waals surface area contributed by atoms with Gasteiger partial charge in [0, 0.05) is 24.8 Å². The Balaban J connectivity index is 1.65. The fourth-order valence-electron chi connectivity index (χ4n) is 2.84. The summed E-state index contributed by atoms with van der Waals surface area (Å²) >= 11 is 0. The van der Waals surface area contributed by atoms with Crippen molar-refractivity contribution in [1.29, 1.82) is 0 Å². The lowest BCUT2D eigenvalue weighted by molar-refractivity contribution is -0.0498. The molecule has 0 aliphatic heterocycles. The first kappa shape index (κ1) is 22.2. The Morgan fingerprint density at radius 1 is 0.968 bits per heavy atom. The Morgan fingerprint density at radius 2 is 1.58 bits per heavy atom. The van der Waals surface area contributed by atoms with Crippen LogP contribution in [-0.2, 0) is 16.6 Å². The first-order valence-corrected chi connectivity index (χ1v) is 10.7. The molecule has 162 valence electrons. The minimum atomic E-state index is -3.78. The SMILES string of the molecule is CN(Cc1ccc(OC(F)F)cc1)C(=O)c1ccc(S(=O)(=O)Nc2ccccc2)cc1. The van der Waals surface area contributed by atoms with Crippen LogP contribution in [0.25, 0.3) is 0 Å². The maximum Gasteiger partial charge on any atom is 0.387 e. The minimum absolute atomic E-state index is 0.0326. The molecule has 3 aromatic carbocycles. The summed E-state index contributed by atoms with van der Waals surface area (Å²) in [5, 5.41) is 0. The van der Waals surface area contributed by atoms with Crippen LogP contribution in [-0.4, -0.2) is 32.9 Å². The second kappa shape index (κ2) is 9.57. The Labute approximate surface area is 179 Å². The molecule has 0 fully saturated rings. The van der Waals surface area contributed by atoms with E-state index in [4.69, 9.17) is 0 Å². The number of rotatable bonds is 8. The summed E-state index contributed by atoms with van der Waals surface area (Å²) in [5.41, 5.74) is 1.48. The van der Waals surface area contributed by atoms with Gasteiger partial charge < -0.3 is 9.64 Å². The van der Waals surface area contributed by atoms with E-state index in [0.717, 1.165) is 5.56 Å². The fraction of sp³-hybridized carbons (Fsp3) is 0.136. The van der Waals surface area contributed by atoms with E-state index in [0.29, 0.717) is 11.3 Å². The average Bonchev–Trinajstić information content (AvgIpc) is 2.74. The maximum absolute atomic E-state index is 12.7. The average molecular weight is 446 g/mol. The van der Waals surface area contributed by atoms with Crippen molar-refractivity contribution in [3.63, 3.8) is 0 Å². The lowest BCUT2D eigenvalue weighted by atomic mass is 10.1. The number of para-hydroxylation sites is 1. The van der Waals surface area contributed by atoms with E-state index in [9.17, 15) is 22.0 Å². The normalized spacial score (nSPS) is 11.2. The summed E-state index contributed by atoms with van der Waals surface area (Å²) in [6.07, 6.45) is 0. The third-order valence-electron chi connectivity index (χ3n) is 4.35. The molecule has 0 saturated carbocycles. The smallest absolute Gasteiger partial charge is 0.387 e. The molecule has 0 bridgehead atoms. The largest absolute Gasteiger partial charge is 0.435 e. The van der Waals surface area contributed by atoms with E-state index in [1.54, 1.807) is 49.5 Å². The molecule has 1 N–H and O–H groups in total. The van der Waals surface area contributed by atoms with E-state index >= 15 is 0 Å². The number of benzene rings is 3. The topological polar surface area (TPSA) is 75.7 Å². The van der Waals surface area contributed by atoms with E-state index in [1.165, 1.54) is 41.3 Å². The molecular weight excluding hydrogens is 426 g/mol. The third kappa shape index (κ3) is 6.02. The zero-order valence-corrected chi connectivity index (χ0v) is 17.4. The molecule has 0 saturated heterocycles. The maximum atomic E-state index is 12.7. The van der Waals surface area contributed by atoms with Gasteiger partial charge in [-0.2, -0.15) is 8.78 Å². The monoisotopic (exact) mass is 446 g/mol. The van der Waals surface area contributed by atoms with Crippen molar-refractivity contribution in [3.8, 4) is 5.75 Å². The van der Waals surface area contributed by atoms with Gasteiger partial charge in [0.05, 0.1) is 4.90 Å². The zero-order valence-electron chi connectivity index (χ0n) is 16.5. The van der Waals surface area contributed by atoms with Crippen LogP contribution in [0.2, 0.25) is 0 Å². The van der Waals surface area contributed by atoms with E-state index in [1.807, 2.05) is 0 Å². The van der Waals surface area contributed by atoms with E-state index in [-0.39, 0.29) is 23.1 Å².